The largest absolute Gasteiger partial charge is 0.363 e. The second-order valence-corrected chi connectivity index (χ2v) is 10.0. The molecule has 3 saturated heterocycles. The molecular formula is C23H28N4O4. The topological polar surface area (TPSA) is 90.0 Å². The zero-order valence-corrected chi connectivity index (χ0v) is 18.2. The van der Waals surface area contributed by atoms with Crippen LogP contribution in [0.5, 0.6) is 0 Å². The van der Waals surface area contributed by atoms with Crippen LogP contribution in [-0.4, -0.2) is 70.2 Å². The predicted molar refractivity (Wildman–Crippen MR) is 114 cm³/mol. The number of hydrogen-bond acceptors (Lipinski definition) is 6. The van der Waals surface area contributed by atoms with E-state index in [2.05, 4.69) is 35.9 Å². The van der Waals surface area contributed by atoms with Crippen LogP contribution >= 0.6 is 0 Å². The molecule has 0 spiro atoms. The molecule has 4 aliphatic rings. The first-order valence-corrected chi connectivity index (χ1v) is 11.0. The minimum atomic E-state index is -0.930. The number of benzene rings is 1. The Morgan fingerprint density at radius 1 is 0.903 bits per heavy atom. The lowest BCUT2D eigenvalue weighted by Gasteiger charge is -2.47. The Bertz CT molecular complexity index is 984. The molecule has 0 saturated carbocycles. The Morgan fingerprint density at radius 2 is 1.55 bits per heavy atom. The minimum absolute atomic E-state index is 0.121. The van der Waals surface area contributed by atoms with Gasteiger partial charge in [0.15, 0.2) is 0 Å². The van der Waals surface area contributed by atoms with Crippen LogP contribution in [0.25, 0.3) is 0 Å². The van der Waals surface area contributed by atoms with Gasteiger partial charge in [-0.15, -0.1) is 0 Å². The van der Waals surface area contributed by atoms with Crippen molar-refractivity contribution >= 4 is 29.3 Å². The van der Waals surface area contributed by atoms with Gasteiger partial charge in [-0.25, -0.2) is 0 Å². The van der Waals surface area contributed by atoms with Gasteiger partial charge in [0.25, 0.3) is 11.8 Å². The number of amides is 4. The van der Waals surface area contributed by atoms with Crippen LogP contribution in [0.3, 0.4) is 0 Å². The number of fused-ring (bicyclic) bond motifs is 3. The summed E-state index contributed by atoms with van der Waals surface area (Å²) in [6.07, 6.45) is 2.52. The molecule has 0 aliphatic carbocycles. The third-order valence-corrected chi connectivity index (χ3v) is 7.15. The van der Waals surface area contributed by atoms with Gasteiger partial charge in [0, 0.05) is 42.8 Å². The number of imide groups is 2. The van der Waals surface area contributed by atoms with Gasteiger partial charge in [-0.05, 0) is 58.2 Å². The van der Waals surface area contributed by atoms with Crippen LogP contribution in [0.4, 0.5) is 5.69 Å². The Hall–Kier alpha value is -2.74. The number of likely N-dealkylation sites (tertiary alicyclic amines) is 1. The Kier molecular flexibility index (Phi) is 4.48. The fourth-order valence-corrected chi connectivity index (χ4v) is 5.49. The molecule has 1 N–H and O–H groups in total. The van der Waals surface area contributed by atoms with Crippen molar-refractivity contribution < 1.29 is 19.2 Å². The second kappa shape index (κ2) is 6.88. The van der Waals surface area contributed by atoms with Gasteiger partial charge in [-0.3, -0.25) is 34.3 Å². The molecule has 8 nitrogen and oxygen atoms in total. The third kappa shape index (κ3) is 3.15. The van der Waals surface area contributed by atoms with E-state index in [0.29, 0.717) is 23.2 Å². The molecule has 2 unspecified atom stereocenters. The molecule has 2 bridgehead atoms. The van der Waals surface area contributed by atoms with E-state index in [9.17, 15) is 19.2 Å². The van der Waals surface area contributed by atoms with Crippen LogP contribution in [0.15, 0.2) is 18.2 Å². The van der Waals surface area contributed by atoms with Crippen molar-refractivity contribution in [3.8, 4) is 0 Å². The van der Waals surface area contributed by atoms with Gasteiger partial charge < -0.3 is 4.90 Å². The van der Waals surface area contributed by atoms with E-state index in [1.54, 1.807) is 6.07 Å². The summed E-state index contributed by atoms with van der Waals surface area (Å²) in [5.41, 5.74) is 1.77. The van der Waals surface area contributed by atoms with Crippen molar-refractivity contribution in [3.05, 3.63) is 29.3 Å². The summed E-state index contributed by atoms with van der Waals surface area (Å²) in [4.78, 5) is 55.8. The maximum atomic E-state index is 13.1. The normalized spacial score (nSPS) is 28.9. The molecule has 3 atom stereocenters. The number of carbonyl (C=O) groups excluding carboxylic acids is 4. The highest BCUT2D eigenvalue weighted by molar-refractivity contribution is 6.23. The van der Waals surface area contributed by atoms with Crippen molar-refractivity contribution in [2.24, 2.45) is 0 Å². The zero-order valence-electron chi connectivity index (χ0n) is 18.2. The van der Waals surface area contributed by atoms with E-state index in [4.69, 9.17) is 0 Å². The highest BCUT2D eigenvalue weighted by Gasteiger charge is 2.46. The monoisotopic (exact) mass is 424 g/mol. The van der Waals surface area contributed by atoms with Crippen molar-refractivity contribution in [2.75, 3.05) is 18.0 Å². The molecule has 164 valence electrons. The predicted octanol–water partition coefficient (Wildman–Crippen LogP) is 1.54. The molecule has 4 heterocycles. The van der Waals surface area contributed by atoms with Gasteiger partial charge in [-0.1, -0.05) is 0 Å². The van der Waals surface area contributed by atoms with Gasteiger partial charge in [0.2, 0.25) is 11.8 Å². The van der Waals surface area contributed by atoms with Crippen LogP contribution in [0, 0.1) is 0 Å². The smallest absolute Gasteiger partial charge is 0.262 e. The summed E-state index contributed by atoms with van der Waals surface area (Å²) in [6, 6.07) is 5.30. The SMILES string of the molecule is CC(C)(C)N1CC2CCC(C1)N2c1ccc2c(c1)C(=O)N([C@@H]1CCC(=O)NC1=O)C2=O. The first-order chi connectivity index (χ1) is 14.6. The first kappa shape index (κ1) is 20.2. The van der Waals surface area contributed by atoms with Crippen LogP contribution in [0.1, 0.15) is 67.2 Å². The number of hydrogen-bond donors (Lipinski definition) is 1. The van der Waals surface area contributed by atoms with E-state index in [1.165, 1.54) is 0 Å². The summed E-state index contributed by atoms with van der Waals surface area (Å²) in [5.74, 6) is -1.86. The first-order valence-electron chi connectivity index (χ1n) is 11.0. The Morgan fingerprint density at radius 3 is 2.16 bits per heavy atom. The van der Waals surface area contributed by atoms with Crippen LogP contribution < -0.4 is 10.2 Å². The molecule has 0 aromatic heterocycles. The highest BCUT2D eigenvalue weighted by Crippen LogP contribution is 2.39. The average molecular weight is 425 g/mol. The van der Waals surface area contributed by atoms with Gasteiger partial charge in [-0.2, -0.15) is 0 Å². The average Bonchev–Trinajstić information content (AvgIpc) is 3.10. The number of anilines is 1. The third-order valence-electron chi connectivity index (χ3n) is 7.15. The summed E-state index contributed by atoms with van der Waals surface area (Å²) in [6.45, 7) is 8.68. The molecule has 1 aromatic rings. The lowest BCUT2D eigenvalue weighted by Crippen LogP contribution is -2.58. The van der Waals surface area contributed by atoms with Gasteiger partial charge >= 0.3 is 0 Å². The summed E-state index contributed by atoms with van der Waals surface area (Å²) in [7, 11) is 0. The molecule has 31 heavy (non-hydrogen) atoms. The highest BCUT2D eigenvalue weighted by atomic mass is 16.2. The number of piperazine rings is 1. The van der Waals surface area contributed by atoms with Crippen LogP contribution in [-0.2, 0) is 9.59 Å². The van der Waals surface area contributed by atoms with Crippen molar-refractivity contribution in [1.29, 1.82) is 0 Å². The lowest BCUT2D eigenvalue weighted by molar-refractivity contribution is -0.136. The lowest BCUT2D eigenvalue weighted by atomic mass is 10.0. The van der Waals surface area contributed by atoms with E-state index in [1.807, 2.05) is 12.1 Å². The summed E-state index contributed by atoms with van der Waals surface area (Å²) < 4.78 is 0. The molecule has 8 heteroatoms. The van der Waals surface area contributed by atoms with E-state index >= 15 is 0 Å². The molecule has 3 fully saturated rings. The van der Waals surface area contributed by atoms with E-state index in [-0.39, 0.29) is 24.3 Å². The van der Waals surface area contributed by atoms with Crippen molar-refractivity contribution in [1.82, 2.24) is 15.1 Å². The zero-order chi connectivity index (χ0) is 22.1. The molecule has 1 aromatic carbocycles. The number of nitrogens with one attached hydrogen (secondary N) is 1. The standard InChI is InChI=1S/C23H28N4O4/c1-23(2,3)25-11-14-4-5-15(12-25)26(14)13-6-7-16-17(10-13)22(31)27(21(16)30)18-8-9-19(28)24-20(18)29/h6-7,10,14-15,18H,4-5,8-9,11-12H2,1-3H3,(H,24,28,29)/t14?,15?,18-/m1/s1. The Labute approximate surface area is 181 Å². The molecule has 4 amide bonds. The van der Waals surface area contributed by atoms with Crippen molar-refractivity contribution in [3.63, 3.8) is 0 Å². The number of piperidine rings is 1. The van der Waals surface area contributed by atoms with Crippen molar-refractivity contribution in [2.45, 2.75) is 70.1 Å². The Balaban J connectivity index is 1.42. The molecule has 4 aliphatic heterocycles. The van der Waals surface area contributed by atoms with E-state index < -0.39 is 23.8 Å². The van der Waals surface area contributed by atoms with E-state index in [0.717, 1.165) is 36.5 Å². The number of rotatable bonds is 2. The van der Waals surface area contributed by atoms with Crippen LogP contribution in [0.2, 0.25) is 0 Å². The molecule has 5 rings (SSSR count). The quantitative estimate of drug-likeness (QED) is 0.725. The molecule has 0 radical (unpaired) electrons. The maximum Gasteiger partial charge on any atom is 0.262 e. The maximum absolute atomic E-state index is 13.1. The molecular weight excluding hydrogens is 396 g/mol. The number of carbonyl (C=O) groups is 4. The van der Waals surface area contributed by atoms with Gasteiger partial charge in [0.1, 0.15) is 6.04 Å². The second-order valence-electron chi connectivity index (χ2n) is 10.0. The van der Waals surface area contributed by atoms with Gasteiger partial charge in [0.05, 0.1) is 11.1 Å². The fraction of sp³-hybridized carbons (Fsp3) is 0.565. The summed E-state index contributed by atoms with van der Waals surface area (Å²) >= 11 is 0. The summed E-state index contributed by atoms with van der Waals surface area (Å²) in [5, 5.41) is 2.24. The number of nitrogens with zero attached hydrogens (tertiary/aromatic N) is 3. The minimum Gasteiger partial charge on any atom is -0.363 e. The fourth-order valence-electron chi connectivity index (χ4n) is 5.49.